The fourth-order valence-corrected chi connectivity index (χ4v) is 5.38. The number of aromatic nitrogens is 1. The minimum Gasteiger partial charge on any atom is -0.494 e. The van der Waals surface area contributed by atoms with Gasteiger partial charge < -0.3 is 24.4 Å². The largest absolute Gasteiger partial charge is 0.494 e. The molecule has 184 valence electrons. The Hall–Kier alpha value is -3.29. The zero-order valence-corrected chi connectivity index (χ0v) is 21.1. The van der Waals surface area contributed by atoms with Crippen LogP contribution in [-0.2, 0) is 0 Å². The van der Waals surface area contributed by atoms with Gasteiger partial charge >= 0.3 is 0 Å². The van der Waals surface area contributed by atoms with Crippen LogP contribution in [0.5, 0.6) is 5.75 Å². The fourth-order valence-electron chi connectivity index (χ4n) is 5.38. The highest BCUT2D eigenvalue weighted by Gasteiger charge is 2.32. The third-order valence-electron chi connectivity index (χ3n) is 7.47. The Morgan fingerprint density at radius 1 is 1.06 bits per heavy atom. The average Bonchev–Trinajstić information content (AvgIpc) is 3.38. The van der Waals surface area contributed by atoms with Crippen LogP contribution < -0.4 is 20.3 Å². The Kier molecular flexibility index (Phi) is 6.54. The number of ether oxygens (including phenoxy) is 1. The maximum absolute atomic E-state index is 6.69. The van der Waals surface area contributed by atoms with Gasteiger partial charge in [0.2, 0.25) is 0 Å². The van der Waals surface area contributed by atoms with Crippen molar-refractivity contribution in [2.75, 3.05) is 44.1 Å². The van der Waals surface area contributed by atoms with Crippen molar-refractivity contribution >= 4 is 22.8 Å². The molecule has 2 aromatic carbocycles. The van der Waals surface area contributed by atoms with Gasteiger partial charge in [-0.1, -0.05) is 37.3 Å². The number of aliphatic imine (C=N–C) groups is 1. The van der Waals surface area contributed by atoms with E-state index in [1.807, 2.05) is 12.3 Å². The Morgan fingerprint density at radius 2 is 1.80 bits per heavy atom. The van der Waals surface area contributed by atoms with Crippen molar-refractivity contribution in [1.29, 1.82) is 0 Å². The summed E-state index contributed by atoms with van der Waals surface area (Å²) in [6.07, 6.45) is 3.74. The van der Waals surface area contributed by atoms with E-state index in [1.54, 1.807) is 7.11 Å². The molecule has 7 heteroatoms. The van der Waals surface area contributed by atoms with E-state index < -0.39 is 6.29 Å². The van der Waals surface area contributed by atoms with Crippen molar-refractivity contribution < 1.29 is 4.74 Å². The van der Waals surface area contributed by atoms with Gasteiger partial charge in [-0.25, -0.2) is 4.99 Å². The summed E-state index contributed by atoms with van der Waals surface area (Å²) >= 11 is 0. The number of nitrogens with zero attached hydrogens (tertiary/aromatic N) is 4. The number of methoxy groups -OCH3 is 1. The van der Waals surface area contributed by atoms with Gasteiger partial charge in [0.15, 0.2) is 6.29 Å². The number of piperidine rings is 1. The van der Waals surface area contributed by atoms with Gasteiger partial charge in [0.25, 0.3) is 0 Å². The molecule has 2 aliphatic heterocycles. The molecule has 0 aliphatic carbocycles. The number of hydrogen-bond donors (Lipinski definition) is 2. The van der Waals surface area contributed by atoms with Gasteiger partial charge in [-0.05, 0) is 50.7 Å². The number of H-pyrrole nitrogens is 1. The van der Waals surface area contributed by atoms with E-state index >= 15 is 0 Å². The van der Waals surface area contributed by atoms with Crippen LogP contribution in [0.3, 0.4) is 0 Å². The van der Waals surface area contributed by atoms with E-state index in [1.165, 1.54) is 11.3 Å². The molecule has 2 atom stereocenters. The van der Waals surface area contributed by atoms with Crippen molar-refractivity contribution in [3.63, 3.8) is 0 Å². The molecule has 35 heavy (non-hydrogen) atoms. The summed E-state index contributed by atoms with van der Waals surface area (Å²) in [5, 5.41) is 0. The van der Waals surface area contributed by atoms with Gasteiger partial charge in [0.05, 0.1) is 29.9 Å². The summed E-state index contributed by atoms with van der Waals surface area (Å²) < 4.78 is 5.88. The summed E-state index contributed by atoms with van der Waals surface area (Å²) in [5.74, 6) is 0.922. The first-order valence-corrected chi connectivity index (χ1v) is 12.4. The van der Waals surface area contributed by atoms with Crippen molar-refractivity contribution in [1.82, 2.24) is 9.88 Å². The van der Waals surface area contributed by atoms with Gasteiger partial charge in [0.1, 0.15) is 5.75 Å². The Balaban J connectivity index is 1.44. The third kappa shape index (κ3) is 4.42. The number of anilines is 3. The van der Waals surface area contributed by atoms with Gasteiger partial charge in [0, 0.05) is 43.0 Å². The molecular weight excluding hydrogens is 436 g/mol. The molecule has 5 rings (SSSR count). The monoisotopic (exact) mass is 472 g/mol. The van der Waals surface area contributed by atoms with Crippen LogP contribution in [0.25, 0.3) is 0 Å². The smallest absolute Gasteiger partial charge is 0.178 e. The zero-order valence-electron chi connectivity index (χ0n) is 21.1. The molecule has 0 saturated carbocycles. The molecule has 3 heterocycles. The van der Waals surface area contributed by atoms with E-state index in [4.69, 9.17) is 15.5 Å². The van der Waals surface area contributed by atoms with E-state index in [0.29, 0.717) is 6.04 Å². The topological polar surface area (TPSA) is 73.1 Å². The lowest BCUT2D eigenvalue weighted by Crippen LogP contribution is -2.43. The van der Waals surface area contributed by atoms with Gasteiger partial charge in [-0.15, -0.1) is 0 Å². The number of rotatable bonds is 6. The van der Waals surface area contributed by atoms with Crippen LogP contribution in [0, 0.1) is 0 Å². The van der Waals surface area contributed by atoms with Crippen LogP contribution in [0.2, 0.25) is 0 Å². The molecule has 7 nitrogen and oxygen atoms in total. The zero-order chi connectivity index (χ0) is 24.5. The molecule has 0 spiro atoms. The van der Waals surface area contributed by atoms with E-state index in [2.05, 4.69) is 89.2 Å². The maximum atomic E-state index is 6.69. The third-order valence-corrected chi connectivity index (χ3v) is 7.47. The number of aromatic amines is 1. The minimum absolute atomic E-state index is 0.121. The lowest BCUT2D eigenvalue weighted by atomic mass is 9.92. The standard InChI is InChI=1S/C28H36N6O/c1-19(20-8-6-5-7-9-20)26-27-24(12-15-30-27)34(28(29)31-26)23-11-10-22(18-25(23)35-4)33-16-13-21(14-17-33)32(2)3/h5-12,15,18-19,21,28,30H,13-14,16-17,29H2,1-4H3. The minimum atomic E-state index is -0.546. The second-order valence-electron chi connectivity index (χ2n) is 9.71. The molecular formula is C28H36N6O. The summed E-state index contributed by atoms with van der Waals surface area (Å²) in [7, 11) is 6.06. The van der Waals surface area contributed by atoms with Crippen LogP contribution in [0.1, 0.15) is 36.9 Å². The molecule has 1 fully saturated rings. The molecule has 3 aromatic rings. The molecule has 2 unspecified atom stereocenters. The fraction of sp³-hybridized carbons (Fsp3) is 0.393. The first-order chi connectivity index (χ1) is 17.0. The first-order valence-electron chi connectivity index (χ1n) is 12.4. The van der Waals surface area contributed by atoms with Crippen LogP contribution in [0.4, 0.5) is 17.1 Å². The van der Waals surface area contributed by atoms with Crippen LogP contribution >= 0.6 is 0 Å². The molecule has 3 N–H and O–H groups in total. The summed E-state index contributed by atoms with van der Waals surface area (Å²) in [5.41, 5.74) is 13.0. The van der Waals surface area contributed by atoms with Crippen LogP contribution in [-0.4, -0.2) is 62.2 Å². The highest BCUT2D eigenvalue weighted by molar-refractivity contribution is 6.09. The van der Waals surface area contributed by atoms with Crippen molar-refractivity contribution in [2.45, 2.75) is 38.0 Å². The number of nitrogens with two attached hydrogens (primary N) is 1. The van der Waals surface area contributed by atoms with Gasteiger partial charge in [-0.3, -0.25) is 5.73 Å². The van der Waals surface area contributed by atoms with Crippen molar-refractivity contribution in [3.05, 3.63) is 72.1 Å². The lowest BCUT2D eigenvalue weighted by molar-refractivity contribution is 0.249. The molecule has 1 saturated heterocycles. The summed E-state index contributed by atoms with van der Waals surface area (Å²) in [4.78, 5) is 15.2. The first kappa shape index (κ1) is 23.5. The highest BCUT2D eigenvalue weighted by Crippen LogP contribution is 2.42. The van der Waals surface area contributed by atoms with E-state index in [-0.39, 0.29) is 5.92 Å². The molecule has 1 aromatic heterocycles. The Labute approximate surface area is 208 Å². The van der Waals surface area contributed by atoms with Gasteiger partial charge in [-0.2, -0.15) is 0 Å². The lowest BCUT2D eigenvalue weighted by Gasteiger charge is -2.37. The number of hydrogen-bond acceptors (Lipinski definition) is 6. The number of nitrogens with one attached hydrogen (secondary N) is 1. The second kappa shape index (κ2) is 9.76. The normalized spacial score (nSPS) is 19.5. The quantitative estimate of drug-likeness (QED) is 0.551. The average molecular weight is 473 g/mol. The van der Waals surface area contributed by atoms with E-state index in [9.17, 15) is 0 Å². The van der Waals surface area contributed by atoms with E-state index in [0.717, 1.165) is 54.5 Å². The molecule has 0 amide bonds. The summed E-state index contributed by atoms with van der Waals surface area (Å²) in [6.45, 7) is 4.26. The molecule has 0 bridgehead atoms. The highest BCUT2D eigenvalue weighted by atomic mass is 16.5. The maximum Gasteiger partial charge on any atom is 0.178 e. The van der Waals surface area contributed by atoms with Crippen molar-refractivity contribution in [2.24, 2.45) is 10.7 Å². The summed E-state index contributed by atoms with van der Waals surface area (Å²) in [6, 6.07) is 19.6. The molecule has 0 radical (unpaired) electrons. The predicted octanol–water partition coefficient (Wildman–Crippen LogP) is 4.54. The Morgan fingerprint density at radius 3 is 2.49 bits per heavy atom. The predicted molar refractivity (Wildman–Crippen MR) is 144 cm³/mol. The number of benzene rings is 2. The Bertz CT molecular complexity index is 1180. The number of fused-ring (bicyclic) bond motifs is 1. The SMILES string of the molecule is COc1cc(N2CCC(N(C)C)CC2)ccc1N1c2cc[nH]c2C(C(C)c2ccccc2)=NC1N. The van der Waals surface area contributed by atoms with Crippen LogP contribution in [0.15, 0.2) is 65.8 Å². The second-order valence-corrected chi connectivity index (χ2v) is 9.71. The molecule has 2 aliphatic rings. The van der Waals surface area contributed by atoms with Crippen molar-refractivity contribution in [3.8, 4) is 5.75 Å².